The second kappa shape index (κ2) is 6.64. The molecule has 0 atom stereocenters. The Kier molecular flexibility index (Phi) is 4.39. The highest BCUT2D eigenvalue weighted by Crippen LogP contribution is 2.18. The zero-order chi connectivity index (χ0) is 17.1. The molecule has 0 saturated heterocycles. The van der Waals surface area contributed by atoms with Crippen LogP contribution in [-0.4, -0.2) is 16.8 Å². The van der Waals surface area contributed by atoms with E-state index in [1.807, 2.05) is 18.2 Å². The molecule has 3 aromatic rings. The predicted molar refractivity (Wildman–Crippen MR) is 96.3 cm³/mol. The van der Waals surface area contributed by atoms with E-state index in [9.17, 15) is 9.59 Å². The lowest BCUT2D eigenvalue weighted by Crippen LogP contribution is -2.33. The standard InChI is InChI=1S/C18H14N2O3S/c1-11(21)12-6-8-14(9-7-12)19-18(24)20-17(22)16-10-13-4-2-3-5-15(13)23-16/h2-10H,1H3,(H2,19,20,22,24). The van der Waals surface area contributed by atoms with Crippen LogP contribution in [0.4, 0.5) is 5.69 Å². The molecule has 0 radical (unpaired) electrons. The molecule has 1 aromatic heterocycles. The Morgan fingerprint density at radius 1 is 1.04 bits per heavy atom. The summed E-state index contributed by atoms with van der Waals surface area (Å²) in [5.41, 5.74) is 1.93. The molecule has 0 aliphatic rings. The summed E-state index contributed by atoms with van der Waals surface area (Å²) in [6.07, 6.45) is 0. The minimum atomic E-state index is -0.427. The first-order valence-electron chi connectivity index (χ1n) is 7.25. The lowest BCUT2D eigenvalue weighted by Gasteiger charge is -2.08. The van der Waals surface area contributed by atoms with Crippen molar-refractivity contribution in [3.63, 3.8) is 0 Å². The van der Waals surface area contributed by atoms with E-state index in [1.165, 1.54) is 6.92 Å². The Hall–Kier alpha value is -2.99. The zero-order valence-electron chi connectivity index (χ0n) is 12.8. The van der Waals surface area contributed by atoms with Crippen molar-refractivity contribution in [1.29, 1.82) is 0 Å². The number of thiocarbonyl (C=S) groups is 1. The van der Waals surface area contributed by atoms with Gasteiger partial charge >= 0.3 is 0 Å². The molecule has 0 bridgehead atoms. The van der Waals surface area contributed by atoms with Crippen LogP contribution in [0.2, 0.25) is 0 Å². The number of amides is 1. The fourth-order valence-electron chi connectivity index (χ4n) is 2.21. The van der Waals surface area contributed by atoms with Gasteiger partial charge in [-0.3, -0.25) is 14.9 Å². The highest BCUT2D eigenvalue weighted by molar-refractivity contribution is 7.80. The lowest BCUT2D eigenvalue weighted by molar-refractivity contribution is 0.0952. The number of para-hydroxylation sites is 1. The van der Waals surface area contributed by atoms with Crippen molar-refractivity contribution in [3.8, 4) is 0 Å². The molecule has 120 valence electrons. The number of carbonyl (C=O) groups excluding carboxylic acids is 2. The molecular weight excluding hydrogens is 324 g/mol. The summed E-state index contributed by atoms with van der Waals surface area (Å²) in [6.45, 7) is 1.50. The van der Waals surface area contributed by atoms with E-state index < -0.39 is 5.91 Å². The molecule has 0 unspecified atom stereocenters. The van der Waals surface area contributed by atoms with Gasteiger partial charge in [-0.05, 0) is 55.5 Å². The molecule has 5 nitrogen and oxygen atoms in total. The van der Waals surface area contributed by atoms with Crippen molar-refractivity contribution in [1.82, 2.24) is 5.32 Å². The second-order valence-electron chi connectivity index (χ2n) is 5.19. The van der Waals surface area contributed by atoms with E-state index >= 15 is 0 Å². The largest absolute Gasteiger partial charge is 0.451 e. The molecular formula is C18H14N2O3S. The normalized spacial score (nSPS) is 10.4. The number of furan rings is 1. The van der Waals surface area contributed by atoms with Crippen LogP contribution in [0, 0.1) is 0 Å². The minimum absolute atomic E-state index is 0.0117. The molecule has 0 saturated carbocycles. The third-order valence-corrected chi connectivity index (χ3v) is 3.63. The van der Waals surface area contributed by atoms with Crippen molar-refractivity contribution in [2.24, 2.45) is 0 Å². The van der Waals surface area contributed by atoms with Crippen LogP contribution in [0.15, 0.2) is 59.0 Å². The van der Waals surface area contributed by atoms with Crippen molar-refractivity contribution in [2.75, 3.05) is 5.32 Å². The SMILES string of the molecule is CC(=O)c1ccc(NC(=S)NC(=O)c2cc3ccccc3o2)cc1. The third-order valence-electron chi connectivity index (χ3n) is 3.43. The number of anilines is 1. The fraction of sp³-hybridized carbons (Fsp3) is 0.0556. The molecule has 0 aliphatic heterocycles. The van der Waals surface area contributed by atoms with E-state index in [2.05, 4.69) is 10.6 Å². The summed E-state index contributed by atoms with van der Waals surface area (Å²) in [4.78, 5) is 23.4. The number of carbonyl (C=O) groups is 2. The molecule has 2 aromatic carbocycles. The molecule has 0 spiro atoms. The number of Topliss-reactive ketones (excluding diaryl/α,β-unsaturated/α-hetero) is 1. The van der Waals surface area contributed by atoms with Gasteiger partial charge in [-0.1, -0.05) is 18.2 Å². The summed E-state index contributed by atoms with van der Waals surface area (Å²) in [7, 11) is 0. The first kappa shape index (κ1) is 15.9. The van der Waals surface area contributed by atoms with Gasteiger partial charge in [-0.25, -0.2) is 0 Å². The quantitative estimate of drug-likeness (QED) is 0.562. The Morgan fingerprint density at radius 3 is 2.42 bits per heavy atom. The van der Waals surface area contributed by atoms with Gasteiger partial charge in [0.15, 0.2) is 16.7 Å². The third kappa shape index (κ3) is 3.49. The van der Waals surface area contributed by atoms with Gasteiger partial charge in [0.05, 0.1) is 0 Å². The van der Waals surface area contributed by atoms with E-state index in [0.717, 1.165) is 5.39 Å². The zero-order valence-corrected chi connectivity index (χ0v) is 13.6. The first-order valence-corrected chi connectivity index (χ1v) is 7.65. The van der Waals surface area contributed by atoms with Crippen molar-refractivity contribution >= 4 is 45.7 Å². The molecule has 0 aliphatic carbocycles. The van der Waals surface area contributed by atoms with E-state index in [-0.39, 0.29) is 16.7 Å². The van der Waals surface area contributed by atoms with Crippen LogP contribution in [-0.2, 0) is 0 Å². The maximum absolute atomic E-state index is 12.2. The predicted octanol–water partition coefficient (Wildman–Crippen LogP) is 3.76. The molecule has 0 fully saturated rings. The van der Waals surface area contributed by atoms with Gasteiger partial charge in [-0.2, -0.15) is 0 Å². The molecule has 1 amide bonds. The maximum Gasteiger partial charge on any atom is 0.293 e. The topological polar surface area (TPSA) is 71.3 Å². The Balaban J connectivity index is 1.65. The number of nitrogens with one attached hydrogen (secondary N) is 2. The Bertz CT molecular complexity index is 896. The summed E-state index contributed by atoms with van der Waals surface area (Å²) in [5.74, 6) is -0.251. The smallest absolute Gasteiger partial charge is 0.293 e. The van der Waals surface area contributed by atoms with Crippen LogP contribution in [0.3, 0.4) is 0 Å². The lowest BCUT2D eigenvalue weighted by atomic mass is 10.1. The number of ketones is 1. The fourth-order valence-corrected chi connectivity index (χ4v) is 2.42. The van der Waals surface area contributed by atoms with Gasteiger partial charge in [0.25, 0.3) is 5.91 Å². The number of hydrogen-bond acceptors (Lipinski definition) is 4. The Labute approximate surface area is 143 Å². The summed E-state index contributed by atoms with van der Waals surface area (Å²) in [5, 5.41) is 6.45. The van der Waals surface area contributed by atoms with Crippen molar-refractivity contribution in [3.05, 3.63) is 65.9 Å². The first-order chi connectivity index (χ1) is 11.5. The molecule has 6 heteroatoms. The number of rotatable bonds is 3. The van der Waals surface area contributed by atoms with Crippen LogP contribution in [0.25, 0.3) is 11.0 Å². The second-order valence-corrected chi connectivity index (χ2v) is 5.60. The van der Waals surface area contributed by atoms with Crippen molar-refractivity contribution in [2.45, 2.75) is 6.92 Å². The highest BCUT2D eigenvalue weighted by atomic mass is 32.1. The average molecular weight is 338 g/mol. The molecule has 24 heavy (non-hydrogen) atoms. The van der Waals surface area contributed by atoms with Gasteiger partial charge in [-0.15, -0.1) is 0 Å². The van der Waals surface area contributed by atoms with Crippen molar-refractivity contribution < 1.29 is 14.0 Å². The van der Waals surface area contributed by atoms with Crippen LogP contribution in [0.5, 0.6) is 0 Å². The van der Waals surface area contributed by atoms with Gasteiger partial charge in [0.2, 0.25) is 0 Å². The monoisotopic (exact) mass is 338 g/mol. The summed E-state index contributed by atoms with van der Waals surface area (Å²) >= 11 is 5.13. The van der Waals surface area contributed by atoms with E-state index in [4.69, 9.17) is 16.6 Å². The highest BCUT2D eigenvalue weighted by Gasteiger charge is 2.13. The molecule has 2 N–H and O–H groups in total. The number of benzene rings is 2. The van der Waals surface area contributed by atoms with Gasteiger partial charge in [0, 0.05) is 16.6 Å². The molecule has 3 rings (SSSR count). The van der Waals surface area contributed by atoms with Crippen LogP contribution < -0.4 is 10.6 Å². The maximum atomic E-state index is 12.2. The summed E-state index contributed by atoms with van der Waals surface area (Å²) < 4.78 is 5.49. The summed E-state index contributed by atoms with van der Waals surface area (Å²) in [6, 6.07) is 15.8. The van der Waals surface area contributed by atoms with Gasteiger partial charge < -0.3 is 9.73 Å². The average Bonchev–Trinajstić information content (AvgIpc) is 2.99. The minimum Gasteiger partial charge on any atom is -0.451 e. The molecule has 1 heterocycles. The van der Waals surface area contributed by atoms with Crippen LogP contribution in [0.1, 0.15) is 27.8 Å². The number of fused-ring (bicyclic) bond motifs is 1. The van der Waals surface area contributed by atoms with Crippen LogP contribution >= 0.6 is 12.2 Å². The van der Waals surface area contributed by atoms with E-state index in [1.54, 1.807) is 36.4 Å². The Morgan fingerprint density at radius 2 is 1.75 bits per heavy atom. The van der Waals surface area contributed by atoms with Gasteiger partial charge in [0.1, 0.15) is 5.58 Å². The number of hydrogen-bond donors (Lipinski definition) is 2. The van der Waals surface area contributed by atoms with E-state index in [0.29, 0.717) is 16.8 Å².